The van der Waals surface area contributed by atoms with Crippen molar-refractivity contribution in [3.05, 3.63) is 63.0 Å². The molecule has 0 atom stereocenters. The maximum Gasteiger partial charge on any atom is 0.293 e. The van der Waals surface area contributed by atoms with Crippen LogP contribution in [0.3, 0.4) is 0 Å². The number of nitrogens with zero attached hydrogens (tertiary/aromatic N) is 1. The fraction of sp³-hybridized carbons (Fsp3) is 0.190. The van der Waals surface area contributed by atoms with Gasteiger partial charge in [-0.15, -0.1) is 0 Å². The minimum absolute atomic E-state index is 0.166. The Hall–Kier alpha value is -2.78. The Labute approximate surface area is 186 Å². The number of nitrogens with two attached hydrogens (primary N) is 1. The molecule has 3 amide bonds. The summed E-state index contributed by atoms with van der Waals surface area (Å²) in [6, 6.07) is 12.6. The van der Waals surface area contributed by atoms with Crippen LogP contribution in [0.1, 0.15) is 11.1 Å². The molecule has 1 aliphatic rings. The highest BCUT2D eigenvalue weighted by Gasteiger charge is 2.34. The second-order valence-electron chi connectivity index (χ2n) is 6.44. The summed E-state index contributed by atoms with van der Waals surface area (Å²) in [4.78, 5) is 37.2. The highest BCUT2D eigenvalue weighted by Crippen LogP contribution is 2.33. The quantitative estimate of drug-likeness (QED) is 0.565. The van der Waals surface area contributed by atoms with E-state index in [0.717, 1.165) is 17.3 Å². The van der Waals surface area contributed by atoms with E-state index < -0.39 is 5.91 Å². The zero-order valence-corrected chi connectivity index (χ0v) is 18.5. The molecule has 7 nitrogen and oxygen atoms in total. The van der Waals surface area contributed by atoms with E-state index in [4.69, 9.17) is 15.2 Å². The molecule has 2 N–H and O–H groups in total. The largest absolute Gasteiger partial charge is 0.492 e. The number of rotatable bonds is 8. The lowest BCUT2D eigenvalue weighted by molar-refractivity contribution is -0.123. The summed E-state index contributed by atoms with van der Waals surface area (Å²) in [5.41, 5.74) is 6.90. The van der Waals surface area contributed by atoms with Gasteiger partial charge in [0.05, 0.1) is 15.9 Å². The monoisotopic (exact) mass is 490 g/mol. The molecule has 2 aromatic carbocycles. The molecule has 0 saturated carbocycles. The van der Waals surface area contributed by atoms with Crippen molar-refractivity contribution in [2.45, 2.75) is 6.92 Å². The van der Waals surface area contributed by atoms with Crippen molar-refractivity contribution >= 4 is 50.8 Å². The predicted octanol–water partition coefficient (Wildman–Crippen LogP) is 3.74. The van der Waals surface area contributed by atoms with Gasteiger partial charge in [-0.05, 0) is 70.5 Å². The van der Waals surface area contributed by atoms with Crippen LogP contribution in [0.15, 0.2) is 51.8 Å². The van der Waals surface area contributed by atoms with Gasteiger partial charge < -0.3 is 15.2 Å². The number of thioether (sulfide) groups is 1. The molecule has 9 heteroatoms. The molecule has 30 heavy (non-hydrogen) atoms. The van der Waals surface area contributed by atoms with Crippen LogP contribution in [-0.2, 0) is 9.59 Å². The van der Waals surface area contributed by atoms with E-state index in [0.29, 0.717) is 26.4 Å². The van der Waals surface area contributed by atoms with E-state index in [1.807, 2.05) is 31.2 Å². The summed E-state index contributed by atoms with van der Waals surface area (Å²) in [7, 11) is 0. The Kier molecular flexibility index (Phi) is 7.17. The number of primary amides is 1. The summed E-state index contributed by atoms with van der Waals surface area (Å²) in [6.45, 7) is 2.13. The van der Waals surface area contributed by atoms with Gasteiger partial charge in [0, 0.05) is 0 Å². The van der Waals surface area contributed by atoms with Crippen molar-refractivity contribution < 1.29 is 23.9 Å². The summed E-state index contributed by atoms with van der Waals surface area (Å²) in [5.74, 6) is 0.201. The minimum atomic E-state index is -0.578. The Bertz CT molecular complexity index is 1010. The summed E-state index contributed by atoms with van der Waals surface area (Å²) in [6.07, 6.45) is 1.63. The van der Waals surface area contributed by atoms with Gasteiger partial charge in [0.1, 0.15) is 18.1 Å². The molecule has 0 aliphatic carbocycles. The lowest BCUT2D eigenvalue weighted by atomic mass is 10.2. The number of carbonyl (C=O) groups is 3. The molecule has 3 rings (SSSR count). The van der Waals surface area contributed by atoms with Crippen LogP contribution in [0.25, 0.3) is 6.08 Å². The van der Waals surface area contributed by atoms with E-state index in [9.17, 15) is 14.4 Å². The van der Waals surface area contributed by atoms with Gasteiger partial charge in [-0.2, -0.15) is 0 Å². The topological polar surface area (TPSA) is 98.9 Å². The molecule has 0 radical (unpaired) electrons. The van der Waals surface area contributed by atoms with Gasteiger partial charge in [0.15, 0.2) is 6.61 Å². The molecular weight excluding hydrogens is 472 g/mol. The predicted molar refractivity (Wildman–Crippen MR) is 118 cm³/mol. The first-order chi connectivity index (χ1) is 14.3. The average Bonchev–Trinajstić information content (AvgIpc) is 2.96. The van der Waals surface area contributed by atoms with Gasteiger partial charge in [-0.1, -0.05) is 23.8 Å². The summed E-state index contributed by atoms with van der Waals surface area (Å²) >= 11 is 4.24. The molecule has 156 valence electrons. The first kappa shape index (κ1) is 21.9. The maximum atomic E-state index is 12.6. The second kappa shape index (κ2) is 9.82. The smallest absolute Gasteiger partial charge is 0.293 e. The van der Waals surface area contributed by atoms with Crippen LogP contribution in [0.5, 0.6) is 11.5 Å². The van der Waals surface area contributed by atoms with Crippen LogP contribution in [0.4, 0.5) is 4.79 Å². The number of hydrogen-bond donors (Lipinski definition) is 1. The second-order valence-corrected chi connectivity index (χ2v) is 8.29. The highest BCUT2D eigenvalue weighted by molar-refractivity contribution is 9.10. The van der Waals surface area contributed by atoms with Crippen LogP contribution in [0.2, 0.25) is 0 Å². The molecule has 0 spiro atoms. The fourth-order valence-electron chi connectivity index (χ4n) is 2.61. The molecule has 0 unspecified atom stereocenters. The molecule has 1 saturated heterocycles. The number of amides is 3. The van der Waals surface area contributed by atoms with E-state index in [-0.39, 0.29) is 30.9 Å². The third-order valence-corrected chi connectivity index (χ3v) is 5.63. The summed E-state index contributed by atoms with van der Waals surface area (Å²) in [5, 5.41) is -0.334. The highest BCUT2D eigenvalue weighted by atomic mass is 79.9. The minimum Gasteiger partial charge on any atom is -0.492 e. The number of ether oxygens (including phenoxy) is 2. The molecule has 1 heterocycles. The van der Waals surface area contributed by atoms with Crippen LogP contribution < -0.4 is 15.2 Å². The van der Waals surface area contributed by atoms with Gasteiger partial charge in [0.2, 0.25) is 0 Å². The molecule has 1 aliphatic heterocycles. The van der Waals surface area contributed by atoms with Crippen molar-refractivity contribution in [2.24, 2.45) is 5.73 Å². The fourth-order valence-corrected chi connectivity index (χ4v) is 3.98. The van der Waals surface area contributed by atoms with E-state index in [1.54, 1.807) is 24.3 Å². The molecular formula is C21H19BrN2O5S. The van der Waals surface area contributed by atoms with Gasteiger partial charge in [-0.25, -0.2) is 0 Å². The van der Waals surface area contributed by atoms with Crippen LogP contribution >= 0.6 is 27.7 Å². The standard InChI is InChI=1S/C21H19BrN2O5S/c1-13-2-5-15(6-3-13)28-9-8-24-20(26)18(30-21(24)27)11-14-4-7-17(16(22)10-14)29-12-19(23)25/h2-7,10-11H,8-9,12H2,1H3,(H2,23,25)/b18-11-. The molecule has 0 aromatic heterocycles. The normalized spacial score (nSPS) is 15.0. The number of benzene rings is 2. The van der Waals surface area contributed by atoms with Crippen molar-refractivity contribution in [3.63, 3.8) is 0 Å². The van der Waals surface area contributed by atoms with E-state index in [2.05, 4.69) is 15.9 Å². The first-order valence-electron chi connectivity index (χ1n) is 8.99. The zero-order valence-electron chi connectivity index (χ0n) is 16.1. The number of carbonyl (C=O) groups excluding carboxylic acids is 3. The Morgan fingerprint density at radius 3 is 2.57 bits per heavy atom. The van der Waals surface area contributed by atoms with Crippen LogP contribution in [-0.4, -0.2) is 41.7 Å². The third-order valence-electron chi connectivity index (χ3n) is 4.10. The van der Waals surface area contributed by atoms with Crippen molar-refractivity contribution in [3.8, 4) is 11.5 Å². The zero-order chi connectivity index (χ0) is 21.7. The average molecular weight is 491 g/mol. The Morgan fingerprint density at radius 1 is 1.17 bits per heavy atom. The molecule has 1 fully saturated rings. The lowest BCUT2D eigenvalue weighted by Crippen LogP contribution is -2.32. The van der Waals surface area contributed by atoms with Gasteiger partial charge in [-0.3, -0.25) is 19.3 Å². The van der Waals surface area contributed by atoms with Crippen molar-refractivity contribution in [2.75, 3.05) is 19.8 Å². The van der Waals surface area contributed by atoms with Crippen molar-refractivity contribution in [1.29, 1.82) is 0 Å². The van der Waals surface area contributed by atoms with Crippen LogP contribution in [0, 0.1) is 6.92 Å². The first-order valence-corrected chi connectivity index (χ1v) is 10.6. The number of aryl methyl sites for hydroxylation is 1. The molecule has 2 aromatic rings. The SMILES string of the molecule is Cc1ccc(OCCN2C(=O)S/C(=C\c3ccc(OCC(N)=O)c(Br)c3)C2=O)cc1. The van der Waals surface area contributed by atoms with E-state index in [1.165, 1.54) is 4.90 Å². The van der Waals surface area contributed by atoms with E-state index >= 15 is 0 Å². The lowest BCUT2D eigenvalue weighted by Gasteiger charge is -2.13. The summed E-state index contributed by atoms with van der Waals surface area (Å²) < 4.78 is 11.5. The van der Waals surface area contributed by atoms with Gasteiger partial charge in [0.25, 0.3) is 17.1 Å². The maximum absolute atomic E-state index is 12.6. The molecule has 0 bridgehead atoms. The third kappa shape index (κ3) is 5.64. The van der Waals surface area contributed by atoms with Gasteiger partial charge >= 0.3 is 0 Å². The number of imide groups is 1. The number of halogens is 1. The number of hydrogen-bond acceptors (Lipinski definition) is 6. The van der Waals surface area contributed by atoms with Crippen molar-refractivity contribution in [1.82, 2.24) is 4.90 Å². The Balaban J connectivity index is 1.62. The Morgan fingerprint density at radius 2 is 1.90 bits per heavy atom.